The lowest BCUT2D eigenvalue weighted by molar-refractivity contribution is -0.127. The minimum atomic E-state index is -0.575. The van der Waals surface area contributed by atoms with Gasteiger partial charge >= 0.3 is 0 Å². The molecule has 0 spiro atoms. The first kappa shape index (κ1) is 15.9. The average molecular weight is 271 g/mol. The van der Waals surface area contributed by atoms with Crippen molar-refractivity contribution < 1.29 is 14.3 Å². The molecule has 1 heterocycles. The van der Waals surface area contributed by atoms with Crippen molar-refractivity contribution in [2.75, 3.05) is 19.7 Å². The van der Waals surface area contributed by atoms with Crippen LogP contribution in [-0.2, 0) is 14.3 Å². The molecule has 6 heteroatoms. The summed E-state index contributed by atoms with van der Waals surface area (Å²) in [5, 5.41) is 5.29. The number of ether oxygens (including phenoxy) is 1. The molecule has 0 bridgehead atoms. The summed E-state index contributed by atoms with van der Waals surface area (Å²) in [4.78, 5) is 23.1. The van der Waals surface area contributed by atoms with Crippen LogP contribution in [0.25, 0.3) is 0 Å². The summed E-state index contributed by atoms with van der Waals surface area (Å²) in [6.07, 6.45) is 3.31. The Morgan fingerprint density at radius 2 is 2.05 bits per heavy atom. The van der Waals surface area contributed by atoms with Gasteiger partial charge in [0.1, 0.15) is 0 Å². The van der Waals surface area contributed by atoms with E-state index < -0.39 is 6.04 Å². The fourth-order valence-corrected chi connectivity index (χ4v) is 1.85. The van der Waals surface area contributed by atoms with E-state index in [1.54, 1.807) is 0 Å². The number of carbonyl (C=O) groups excluding carboxylic acids is 2. The van der Waals surface area contributed by atoms with Crippen LogP contribution in [0.3, 0.4) is 0 Å². The minimum Gasteiger partial charge on any atom is -0.376 e. The van der Waals surface area contributed by atoms with Gasteiger partial charge in [0.25, 0.3) is 0 Å². The topological polar surface area (TPSA) is 93.5 Å². The van der Waals surface area contributed by atoms with Crippen LogP contribution in [0.1, 0.15) is 33.1 Å². The lowest BCUT2D eigenvalue weighted by Gasteiger charge is -2.22. The van der Waals surface area contributed by atoms with Gasteiger partial charge in [0.05, 0.1) is 18.7 Å². The number of carbonyl (C=O) groups is 2. The van der Waals surface area contributed by atoms with Gasteiger partial charge in [-0.2, -0.15) is 0 Å². The summed E-state index contributed by atoms with van der Waals surface area (Å²) in [7, 11) is 0. The third-order valence-electron chi connectivity index (χ3n) is 3.25. The van der Waals surface area contributed by atoms with E-state index in [0.29, 0.717) is 6.54 Å². The molecule has 1 rings (SSSR count). The minimum absolute atomic E-state index is 0.0357. The van der Waals surface area contributed by atoms with Gasteiger partial charge in [-0.05, 0) is 25.2 Å². The van der Waals surface area contributed by atoms with E-state index in [1.807, 2.05) is 13.8 Å². The molecule has 1 fully saturated rings. The molecule has 0 aromatic heterocycles. The number of nitrogens with two attached hydrogens (primary N) is 1. The van der Waals surface area contributed by atoms with Crippen LogP contribution >= 0.6 is 0 Å². The predicted octanol–water partition coefficient (Wildman–Crippen LogP) is -0.229. The number of nitrogens with one attached hydrogen (secondary N) is 2. The van der Waals surface area contributed by atoms with Crippen molar-refractivity contribution in [3.05, 3.63) is 0 Å². The maximum absolute atomic E-state index is 11.6. The lowest BCUT2D eigenvalue weighted by atomic mass is 10.1. The van der Waals surface area contributed by atoms with Crippen LogP contribution < -0.4 is 16.4 Å². The third-order valence-corrected chi connectivity index (χ3v) is 3.25. The van der Waals surface area contributed by atoms with Crippen molar-refractivity contribution in [1.82, 2.24) is 10.6 Å². The first-order valence-electron chi connectivity index (χ1n) is 6.92. The fourth-order valence-electron chi connectivity index (χ4n) is 1.85. The van der Waals surface area contributed by atoms with Crippen molar-refractivity contribution in [2.45, 2.75) is 45.3 Å². The van der Waals surface area contributed by atoms with Gasteiger partial charge in [-0.1, -0.05) is 13.8 Å². The third kappa shape index (κ3) is 6.02. The van der Waals surface area contributed by atoms with Crippen molar-refractivity contribution >= 4 is 11.8 Å². The van der Waals surface area contributed by atoms with Gasteiger partial charge in [0, 0.05) is 13.2 Å². The van der Waals surface area contributed by atoms with Crippen molar-refractivity contribution in [1.29, 1.82) is 0 Å². The molecular formula is C13H25N3O3. The molecule has 0 aromatic carbocycles. The molecule has 0 aromatic rings. The summed E-state index contributed by atoms with van der Waals surface area (Å²) in [5.41, 5.74) is 5.67. The molecular weight excluding hydrogens is 246 g/mol. The summed E-state index contributed by atoms with van der Waals surface area (Å²) < 4.78 is 5.50. The molecule has 0 aliphatic carbocycles. The Kier molecular flexibility index (Phi) is 6.80. The van der Waals surface area contributed by atoms with Gasteiger partial charge in [-0.3, -0.25) is 9.59 Å². The van der Waals surface area contributed by atoms with E-state index >= 15 is 0 Å². The van der Waals surface area contributed by atoms with Crippen molar-refractivity contribution in [3.8, 4) is 0 Å². The molecule has 110 valence electrons. The lowest BCUT2D eigenvalue weighted by Crippen LogP contribution is -2.48. The van der Waals surface area contributed by atoms with E-state index in [0.717, 1.165) is 25.9 Å². The van der Waals surface area contributed by atoms with Gasteiger partial charge in [0.2, 0.25) is 11.8 Å². The summed E-state index contributed by atoms with van der Waals surface area (Å²) in [6, 6.07) is -0.575. The monoisotopic (exact) mass is 271 g/mol. The van der Waals surface area contributed by atoms with Crippen LogP contribution in [0.5, 0.6) is 0 Å². The molecule has 1 saturated heterocycles. The van der Waals surface area contributed by atoms with Crippen LogP contribution in [0.2, 0.25) is 0 Å². The molecule has 1 unspecified atom stereocenters. The first-order chi connectivity index (χ1) is 9.00. The fraction of sp³-hybridized carbons (Fsp3) is 0.846. The summed E-state index contributed by atoms with van der Waals surface area (Å²) in [6.45, 7) is 4.97. The van der Waals surface area contributed by atoms with E-state index in [9.17, 15) is 9.59 Å². The second kappa shape index (κ2) is 8.12. The smallest absolute Gasteiger partial charge is 0.239 e. The number of rotatable bonds is 6. The molecule has 0 radical (unpaired) electrons. The SMILES string of the molecule is CC(C)[C@H](N)C(=O)NCC(=O)NCC1CCCCO1. The van der Waals surface area contributed by atoms with Crippen LogP contribution in [0, 0.1) is 5.92 Å². The van der Waals surface area contributed by atoms with Crippen LogP contribution in [0.15, 0.2) is 0 Å². The highest BCUT2D eigenvalue weighted by atomic mass is 16.5. The molecule has 1 aliphatic heterocycles. The summed E-state index contributed by atoms with van der Waals surface area (Å²) >= 11 is 0. The number of hydrogen-bond acceptors (Lipinski definition) is 4. The Bertz CT molecular complexity index is 302. The largest absolute Gasteiger partial charge is 0.376 e. The van der Waals surface area contributed by atoms with Gasteiger partial charge in [0.15, 0.2) is 0 Å². The molecule has 6 nitrogen and oxygen atoms in total. The van der Waals surface area contributed by atoms with E-state index in [4.69, 9.17) is 10.5 Å². The second-order valence-electron chi connectivity index (χ2n) is 5.28. The highest BCUT2D eigenvalue weighted by molar-refractivity contribution is 5.87. The highest BCUT2D eigenvalue weighted by Crippen LogP contribution is 2.11. The first-order valence-corrected chi connectivity index (χ1v) is 6.92. The zero-order chi connectivity index (χ0) is 14.3. The average Bonchev–Trinajstić information content (AvgIpc) is 2.42. The van der Waals surface area contributed by atoms with Gasteiger partial charge < -0.3 is 21.1 Å². The van der Waals surface area contributed by atoms with Crippen molar-refractivity contribution in [3.63, 3.8) is 0 Å². The maximum atomic E-state index is 11.6. The van der Waals surface area contributed by atoms with E-state index in [1.165, 1.54) is 0 Å². The second-order valence-corrected chi connectivity index (χ2v) is 5.28. The van der Waals surface area contributed by atoms with E-state index in [2.05, 4.69) is 10.6 Å². The maximum Gasteiger partial charge on any atom is 0.239 e. The Balaban J connectivity index is 2.15. The van der Waals surface area contributed by atoms with Gasteiger partial charge in [-0.25, -0.2) is 0 Å². The molecule has 19 heavy (non-hydrogen) atoms. The van der Waals surface area contributed by atoms with Crippen molar-refractivity contribution in [2.24, 2.45) is 11.7 Å². The molecule has 4 N–H and O–H groups in total. The quantitative estimate of drug-likeness (QED) is 0.622. The zero-order valence-electron chi connectivity index (χ0n) is 11.8. The molecule has 0 saturated carbocycles. The normalized spacial score (nSPS) is 20.9. The number of hydrogen-bond donors (Lipinski definition) is 3. The molecule has 1 aliphatic rings. The Labute approximate surface area is 114 Å². The van der Waals surface area contributed by atoms with Crippen LogP contribution in [0.4, 0.5) is 0 Å². The van der Waals surface area contributed by atoms with Gasteiger partial charge in [-0.15, -0.1) is 0 Å². The Hall–Kier alpha value is -1.14. The number of amides is 2. The van der Waals surface area contributed by atoms with Crippen LogP contribution in [-0.4, -0.2) is 43.7 Å². The Morgan fingerprint density at radius 3 is 2.63 bits per heavy atom. The van der Waals surface area contributed by atoms with E-state index in [-0.39, 0.29) is 30.4 Å². The zero-order valence-corrected chi connectivity index (χ0v) is 11.8. The predicted molar refractivity (Wildman–Crippen MR) is 72.4 cm³/mol. The Morgan fingerprint density at radius 1 is 1.32 bits per heavy atom. The standard InChI is InChI=1S/C13H25N3O3/c1-9(2)12(14)13(18)16-8-11(17)15-7-10-5-3-4-6-19-10/h9-10,12H,3-8,14H2,1-2H3,(H,15,17)(H,16,18)/t10?,12-/m0/s1. The highest BCUT2D eigenvalue weighted by Gasteiger charge is 2.18. The summed E-state index contributed by atoms with van der Waals surface area (Å²) in [5.74, 6) is -0.448. The molecule has 2 atom stereocenters. The molecule has 2 amide bonds.